The molecule has 4 heteroatoms. The fourth-order valence-corrected chi connectivity index (χ4v) is 2.51. The lowest BCUT2D eigenvalue weighted by Crippen LogP contribution is -2.45. The molecule has 1 fully saturated rings. The normalized spacial score (nSPS) is 20.2. The molecule has 106 valence electrons. The smallest absolute Gasteiger partial charge is 0.224 e. The maximum Gasteiger partial charge on any atom is 0.224 e. The highest BCUT2D eigenvalue weighted by Gasteiger charge is 2.21. The Morgan fingerprint density at radius 2 is 2.16 bits per heavy atom. The highest BCUT2D eigenvalue weighted by atomic mass is 35.5. The molecule has 1 saturated heterocycles. The third-order valence-electron chi connectivity index (χ3n) is 3.64. The summed E-state index contributed by atoms with van der Waals surface area (Å²) >= 11 is 0. The fourth-order valence-electron chi connectivity index (χ4n) is 2.51. The molecule has 1 aliphatic rings. The Morgan fingerprint density at radius 1 is 1.42 bits per heavy atom. The van der Waals surface area contributed by atoms with Crippen molar-refractivity contribution in [2.45, 2.75) is 32.2 Å². The van der Waals surface area contributed by atoms with Crippen LogP contribution in [0.4, 0.5) is 0 Å². The van der Waals surface area contributed by atoms with Gasteiger partial charge in [0.1, 0.15) is 0 Å². The number of hydrogen-bond acceptors (Lipinski definition) is 2. The lowest BCUT2D eigenvalue weighted by molar-refractivity contribution is -0.121. The minimum absolute atomic E-state index is 0. The van der Waals surface area contributed by atoms with Crippen molar-refractivity contribution in [3.8, 4) is 0 Å². The number of hydrogen-bond donors (Lipinski definition) is 2. The quantitative estimate of drug-likeness (QED) is 0.889. The van der Waals surface area contributed by atoms with Crippen molar-refractivity contribution < 1.29 is 4.79 Å². The number of carbonyl (C=O) groups excluding carboxylic acids is 1. The van der Waals surface area contributed by atoms with Gasteiger partial charge in [-0.1, -0.05) is 30.3 Å². The Bertz CT molecular complexity index is 377. The molecule has 0 aromatic heterocycles. The maximum atomic E-state index is 11.9. The second-order valence-electron chi connectivity index (χ2n) is 5.12. The number of carbonyl (C=O) groups is 1. The predicted molar refractivity (Wildman–Crippen MR) is 80.6 cm³/mol. The Hall–Kier alpha value is -1.06. The fraction of sp³-hybridized carbons (Fsp3) is 0.533. The van der Waals surface area contributed by atoms with Crippen LogP contribution < -0.4 is 10.6 Å². The van der Waals surface area contributed by atoms with E-state index in [2.05, 4.69) is 17.6 Å². The van der Waals surface area contributed by atoms with Crippen LogP contribution in [-0.4, -0.2) is 25.0 Å². The molecule has 1 aromatic carbocycles. The van der Waals surface area contributed by atoms with E-state index >= 15 is 0 Å². The van der Waals surface area contributed by atoms with Crippen molar-refractivity contribution in [1.29, 1.82) is 0 Å². The molecule has 0 spiro atoms. The largest absolute Gasteiger partial charge is 0.353 e. The first-order chi connectivity index (χ1) is 8.75. The molecule has 2 unspecified atom stereocenters. The molecule has 2 rings (SSSR count). The molecule has 3 nitrogen and oxygen atoms in total. The number of piperidine rings is 1. The van der Waals surface area contributed by atoms with Crippen LogP contribution in [0.2, 0.25) is 0 Å². The molecule has 0 aliphatic carbocycles. The molecular weight excluding hydrogens is 260 g/mol. The van der Waals surface area contributed by atoms with Crippen LogP contribution in [0.1, 0.15) is 25.3 Å². The van der Waals surface area contributed by atoms with Gasteiger partial charge < -0.3 is 10.6 Å². The van der Waals surface area contributed by atoms with Crippen LogP contribution in [0.3, 0.4) is 0 Å². The highest BCUT2D eigenvalue weighted by molar-refractivity contribution is 5.85. The first kappa shape index (κ1) is 16.0. The maximum absolute atomic E-state index is 11.9. The number of benzene rings is 1. The van der Waals surface area contributed by atoms with E-state index in [1.807, 2.05) is 30.3 Å². The van der Waals surface area contributed by atoms with Crippen LogP contribution in [-0.2, 0) is 11.2 Å². The van der Waals surface area contributed by atoms with Gasteiger partial charge in [0.2, 0.25) is 5.91 Å². The van der Waals surface area contributed by atoms with E-state index < -0.39 is 0 Å². The van der Waals surface area contributed by atoms with Crippen molar-refractivity contribution in [2.75, 3.05) is 13.1 Å². The monoisotopic (exact) mass is 282 g/mol. The molecule has 0 radical (unpaired) electrons. The van der Waals surface area contributed by atoms with Crippen LogP contribution in [0.5, 0.6) is 0 Å². The van der Waals surface area contributed by atoms with E-state index in [9.17, 15) is 4.79 Å². The van der Waals surface area contributed by atoms with Crippen molar-refractivity contribution in [3.63, 3.8) is 0 Å². The standard InChI is InChI=1S/C15H22N2O.ClH/c1-12(14-8-5-9-16-11-14)17-15(18)10-13-6-3-2-4-7-13;/h2-4,6-7,12,14,16H,5,8-11H2,1H3,(H,17,18);1H. The van der Waals surface area contributed by atoms with Gasteiger partial charge in [-0.15, -0.1) is 12.4 Å². The van der Waals surface area contributed by atoms with Gasteiger partial charge >= 0.3 is 0 Å². The summed E-state index contributed by atoms with van der Waals surface area (Å²) in [5.41, 5.74) is 1.07. The zero-order chi connectivity index (χ0) is 12.8. The molecule has 1 heterocycles. The van der Waals surface area contributed by atoms with E-state index in [0.29, 0.717) is 12.3 Å². The zero-order valence-electron chi connectivity index (χ0n) is 11.4. The Labute approximate surface area is 121 Å². The molecule has 2 atom stereocenters. The summed E-state index contributed by atoms with van der Waals surface area (Å²) in [4.78, 5) is 11.9. The molecular formula is C15H23ClN2O. The van der Waals surface area contributed by atoms with Crippen molar-refractivity contribution in [3.05, 3.63) is 35.9 Å². The molecule has 19 heavy (non-hydrogen) atoms. The first-order valence-electron chi connectivity index (χ1n) is 6.79. The summed E-state index contributed by atoms with van der Waals surface area (Å²) in [6.07, 6.45) is 2.90. The van der Waals surface area contributed by atoms with Gasteiger partial charge in [-0.3, -0.25) is 4.79 Å². The zero-order valence-corrected chi connectivity index (χ0v) is 12.2. The second-order valence-corrected chi connectivity index (χ2v) is 5.12. The summed E-state index contributed by atoms with van der Waals surface area (Å²) in [7, 11) is 0. The number of nitrogens with one attached hydrogen (secondary N) is 2. The minimum Gasteiger partial charge on any atom is -0.353 e. The molecule has 1 aliphatic heterocycles. The number of halogens is 1. The van der Waals surface area contributed by atoms with Crippen molar-refractivity contribution in [2.24, 2.45) is 5.92 Å². The molecule has 0 bridgehead atoms. The highest BCUT2D eigenvalue weighted by Crippen LogP contribution is 2.14. The molecule has 2 N–H and O–H groups in total. The Kier molecular flexibility index (Phi) is 6.89. The third kappa shape index (κ3) is 5.21. The topological polar surface area (TPSA) is 41.1 Å². The number of rotatable bonds is 4. The summed E-state index contributed by atoms with van der Waals surface area (Å²) in [5.74, 6) is 0.692. The lowest BCUT2D eigenvalue weighted by Gasteiger charge is -2.28. The Morgan fingerprint density at radius 3 is 2.79 bits per heavy atom. The lowest BCUT2D eigenvalue weighted by atomic mass is 9.92. The van der Waals surface area contributed by atoms with Crippen LogP contribution >= 0.6 is 12.4 Å². The molecule has 1 amide bonds. The van der Waals surface area contributed by atoms with Gasteiger partial charge in [-0.25, -0.2) is 0 Å². The molecule has 0 saturated carbocycles. The van der Waals surface area contributed by atoms with Crippen LogP contribution in [0, 0.1) is 5.92 Å². The average Bonchev–Trinajstić information content (AvgIpc) is 2.40. The van der Waals surface area contributed by atoms with Gasteiger partial charge in [-0.05, 0) is 44.3 Å². The predicted octanol–water partition coefficient (Wildman–Crippen LogP) is 2.16. The van der Waals surface area contributed by atoms with E-state index in [1.54, 1.807) is 0 Å². The van der Waals surface area contributed by atoms with Gasteiger partial charge in [0.15, 0.2) is 0 Å². The summed E-state index contributed by atoms with van der Waals surface area (Å²) in [6.45, 7) is 4.24. The van der Waals surface area contributed by atoms with Crippen molar-refractivity contribution in [1.82, 2.24) is 10.6 Å². The van der Waals surface area contributed by atoms with Gasteiger partial charge in [0.05, 0.1) is 6.42 Å². The first-order valence-corrected chi connectivity index (χ1v) is 6.79. The summed E-state index contributed by atoms with van der Waals surface area (Å²) < 4.78 is 0. The van der Waals surface area contributed by atoms with Gasteiger partial charge in [0.25, 0.3) is 0 Å². The Balaban J connectivity index is 0.00000180. The number of amides is 1. The SMILES string of the molecule is CC(NC(=O)Cc1ccccc1)C1CCCNC1.Cl. The average molecular weight is 283 g/mol. The molecule has 1 aromatic rings. The van der Waals surface area contributed by atoms with Crippen molar-refractivity contribution >= 4 is 18.3 Å². The van der Waals surface area contributed by atoms with Gasteiger partial charge in [0, 0.05) is 6.04 Å². The van der Waals surface area contributed by atoms with E-state index in [4.69, 9.17) is 0 Å². The second kappa shape index (κ2) is 8.18. The van der Waals surface area contributed by atoms with E-state index in [-0.39, 0.29) is 24.4 Å². The van der Waals surface area contributed by atoms with Crippen LogP contribution in [0.15, 0.2) is 30.3 Å². The van der Waals surface area contributed by atoms with E-state index in [1.165, 1.54) is 12.8 Å². The van der Waals surface area contributed by atoms with Gasteiger partial charge in [-0.2, -0.15) is 0 Å². The minimum atomic E-state index is 0. The summed E-state index contributed by atoms with van der Waals surface area (Å²) in [6, 6.07) is 10.2. The third-order valence-corrected chi connectivity index (χ3v) is 3.64. The summed E-state index contributed by atoms with van der Waals surface area (Å²) in [5, 5.41) is 6.51. The van der Waals surface area contributed by atoms with E-state index in [0.717, 1.165) is 18.7 Å². The van der Waals surface area contributed by atoms with Crippen LogP contribution in [0.25, 0.3) is 0 Å².